The van der Waals surface area contributed by atoms with E-state index >= 15 is 0 Å². The number of hydrogen-bond donors (Lipinski definition) is 1. The van der Waals surface area contributed by atoms with E-state index in [9.17, 15) is 9.59 Å². The van der Waals surface area contributed by atoms with Crippen LogP contribution in [0.5, 0.6) is 5.75 Å². The zero-order valence-electron chi connectivity index (χ0n) is 19.3. The van der Waals surface area contributed by atoms with Crippen molar-refractivity contribution in [2.75, 3.05) is 13.2 Å². The number of ether oxygens (including phenoxy) is 1. The number of benzene rings is 3. The molecule has 0 spiro atoms. The van der Waals surface area contributed by atoms with Crippen LogP contribution in [0.1, 0.15) is 23.6 Å². The first-order valence-corrected chi connectivity index (χ1v) is 12.3. The van der Waals surface area contributed by atoms with Gasteiger partial charge in [0.25, 0.3) is 5.91 Å². The first-order chi connectivity index (χ1) is 16.4. The maximum Gasteiger partial charge on any atom is 0.261 e. The molecule has 0 heterocycles. The van der Waals surface area contributed by atoms with Crippen molar-refractivity contribution < 1.29 is 14.3 Å². The molecule has 34 heavy (non-hydrogen) atoms. The monoisotopic (exact) mass is 542 g/mol. The largest absolute Gasteiger partial charge is 0.484 e. The third-order valence-electron chi connectivity index (χ3n) is 5.38. The van der Waals surface area contributed by atoms with Gasteiger partial charge in [0, 0.05) is 29.0 Å². The lowest BCUT2D eigenvalue weighted by atomic mass is 10.0. The standard InChI is InChI=1S/C27H28BrClN2O3/c1-3-30-27(33)25(16-20-7-5-4-6-8-20)31(17-21-9-11-22(29)12-10-21)26(32)18-34-23-13-14-24(28)19(2)15-23/h4-15,25H,3,16-18H2,1-2H3,(H,30,33)/t25-/m1/s1. The summed E-state index contributed by atoms with van der Waals surface area (Å²) >= 11 is 9.52. The Kier molecular flexibility index (Phi) is 9.54. The van der Waals surface area contributed by atoms with Gasteiger partial charge in [-0.05, 0) is 60.9 Å². The summed E-state index contributed by atoms with van der Waals surface area (Å²) in [4.78, 5) is 28.2. The van der Waals surface area contributed by atoms with Crippen LogP contribution in [-0.4, -0.2) is 35.9 Å². The van der Waals surface area contributed by atoms with Crippen LogP contribution >= 0.6 is 27.5 Å². The van der Waals surface area contributed by atoms with Crippen LogP contribution in [0.25, 0.3) is 0 Å². The molecule has 0 fully saturated rings. The van der Waals surface area contributed by atoms with E-state index in [1.807, 2.05) is 68.4 Å². The van der Waals surface area contributed by atoms with E-state index in [4.69, 9.17) is 16.3 Å². The second kappa shape index (κ2) is 12.6. The molecular formula is C27H28BrClN2O3. The van der Waals surface area contributed by atoms with Gasteiger partial charge < -0.3 is 15.0 Å². The number of carbonyl (C=O) groups is 2. The van der Waals surface area contributed by atoms with Crippen molar-refractivity contribution in [3.05, 3.63) is 99.0 Å². The number of aryl methyl sites for hydroxylation is 1. The van der Waals surface area contributed by atoms with Gasteiger partial charge >= 0.3 is 0 Å². The van der Waals surface area contributed by atoms with E-state index in [2.05, 4.69) is 21.2 Å². The Bertz CT molecular complexity index is 1110. The average Bonchev–Trinajstić information content (AvgIpc) is 2.84. The maximum absolute atomic E-state index is 13.5. The minimum absolute atomic E-state index is 0.181. The molecule has 3 aromatic carbocycles. The Balaban J connectivity index is 1.88. The second-order valence-electron chi connectivity index (χ2n) is 7.95. The van der Waals surface area contributed by atoms with Crippen LogP contribution in [-0.2, 0) is 22.6 Å². The Morgan fingerprint density at radius 1 is 1.03 bits per heavy atom. The van der Waals surface area contributed by atoms with E-state index in [1.54, 1.807) is 23.1 Å². The minimum atomic E-state index is -0.694. The average molecular weight is 544 g/mol. The summed E-state index contributed by atoms with van der Waals surface area (Å²) in [6.07, 6.45) is 0.392. The lowest BCUT2D eigenvalue weighted by Crippen LogP contribution is -2.51. The molecule has 178 valence electrons. The molecular weight excluding hydrogens is 516 g/mol. The number of nitrogens with one attached hydrogen (secondary N) is 1. The lowest BCUT2D eigenvalue weighted by molar-refractivity contribution is -0.142. The molecule has 0 saturated carbocycles. The van der Waals surface area contributed by atoms with Gasteiger partial charge in [-0.3, -0.25) is 9.59 Å². The fourth-order valence-electron chi connectivity index (χ4n) is 3.57. The molecule has 0 saturated heterocycles. The van der Waals surface area contributed by atoms with Gasteiger partial charge in [0.15, 0.2) is 6.61 Å². The molecule has 0 aromatic heterocycles. The quantitative estimate of drug-likeness (QED) is 0.364. The number of amides is 2. The molecule has 5 nitrogen and oxygen atoms in total. The van der Waals surface area contributed by atoms with Gasteiger partial charge in [-0.25, -0.2) is 0 Å². The molecule has 0 bridgehead atoms. The zero-order chi connectivity index (χ0) is 24.5. The van der Waals surface area contributed by atoms with E-state index in [0.29, 0.717) is 23.7 Å². The third-order valence-corrected chi connectivity index (χ3v) is 6.52. The number of carbonyl (C=O) groups excluding carboxylic acids is 2. The van der Waals surface area contributed by atoms with Gasteiger partial charge in [0.2, 0.25) is 5.91 Å². The van der Waals surface area contributed by atoms with E-state index in [1.165, 1.54) is 0 Å². The summed E-state index contributed by atoms with van der Waals surface area (Å²) < 4.78 is 6.78. The van der Waals surface area contributed by atoms with Crippen molar-refractivity contribution >= 4 is 39.3 Å². The Hall–Kier alpha value is -2.83. The van der Waals surface area contributed by atoms with Gasteiger partial charge in [-0.1, -0.05) is 70.0 Å². The van der Waals surface area contributed by atoms with E-state index in [-0.39, 0.29) is 25.0 Å². The molecule has 0 aliphatic rings. The first-order valence-electron chi connectivity index (χ1n) is 11.1. The number of halogens is 2. The van der Waals surface area contributed by atoms with Crippen LogP contribution in [0.15, 0.2) is 77.3 Å². The summed E-state index contributed by atoms with van der Waals surface area (Å²) in [5.74, 6) is 0.119. The van der Waals surface area contributed by atoms with Crippen molar-refractivity contribution in [3.8, 4) is 5.75 Å². The molecule has 0 aliphatic heterocycles. The zero-order valence-corrected chi connectivity index (χ0v) is 21.6. The van der Waals surface area contributed by atoms with Crippen LogP contribution < -0.4 is 10.1 Å². The number of nitrogens with zero attached hydrogens (tertiary/aromatic N) is 1. The normalized spacial score (nSPS) is 11.5. The Morgan fingerprint density at radius 3 is 2.38 bits per heavy atom. The highest BCUT2D eigenvalue weighted by molar-refractivity contribution is 9.10. The van der Waals surface area contributed by atoms with Gasteiger partial charge in [-0.15, -0.1) is 0 Å². The molecule has 0 unspecified atom stereocenters. The highest BCUT2D eigenvalue weighted by Crippen LogP contribution is 2.22. The first kappa shape index (κ1) is 25.8. The summed E-state index contributed by atoms with van der Waals surface area (Å²) in [6.45, 7) is 4.37. The fraction of sp³-hybridized carbons (Fsp3) is 0.259. The van der Waals surface area contributed by atoms with Crippen LogP contribution in [0.4, 0.5) is 0 Å². The van der Waals surface area contributed by atoms with Crippen molar-refractivity contribution in [1.29, 1.82) is 0 Å². The maximum atomic E-state index is 13.5. The van der Waals surface area contributed by atoms with Crippen LogP contribution in [0, 0.1) is 6.92 Å². The van der Waals surface area contributed by atoms with Crippen molar-refractivity contribution in [3.63, 3.8) is 0 Å². The molecule has 2 amide bonds. The second-order valence-corrected chi connectivity index (χ2v) is 9.24. The predicted molar refractivity (Wildman–Crippen MR) is 139 cm³/mol. The third kappa shape index (κ3) is 7.34. The topological polar surface area (TPSA) is 58.6 Å². The molecule has 7 heteroatoms. The Labute approximate surface area is 214 Å². The molecule has 3 aromatic rings. The molecule has 0 aliphatic carbocycles. The highest BCUT2D eigenvalue weighted by Gasteiger charge is 2.30. The molecule has 1 atom stereocenters. The summed E-state index contributed by atoms with van der Waals surface area (Å²) in [5, 5.41) is 3.49. The van der Waals surface area contributed by atoms with Crippen LogP contribution in [0.2, 0.25) is 5.02 Å². The summed E-state index contributed by atoms with van der Waals surface area (Å²) in [5.41, 5.74) is 2.85. The number of likely N-dealkylation sites (N-methyl/N-ethyl adjacent to an activating group) is 1. The predicted octanol–water partition coefficient (Wildman–Crippen LogP) is 5.57. The minimum Gasteiger partial charge on any atom is -0.484 e. The van der Waals surface area contributed by atoms with Crippen molar-refractivity contribution in [1.82, 2.24) is 10.2 Å². The molecule has 0 radical (unpaired) electrons. The highest BCUT2D eigenvalue weighted by atomic mass is 79.9. The lowest BCUT2D eigenvalue weighted by Gasteiger charge is -2.31. The summed E-state index contributed by atoms with van der Waals surface area (Å²) in [7, 11) is 0. The smallest absolute Gasteiger partial charge is 0.261 e. The fourth-order valence-corrected chi connectivity index (χ4v) is 3.94. The molecule has 1 N–H and O–H groups in total. The van der Waals surface area contributed by atoms with Crippen LogP contribution in [0.3, 0.4) is 0 Å². The molecule has 3 rings (SSSR count). The summed E-state index contributed by atoms with van der Waals surface area (Å²) in [6, 6.07) is 21.8. The van der Waals surface area contributed by atoms with Crippen molar-refractivity contribution in [2.24, 2.45) is 0 Å². The van der Waals surface area contributed by atoms with Crippen molar-refractivity contribution in [2.45, 2.75) is 32.9 Å². The van der Waals surface area contributed by atoms with E-state index < -0.39 is 6.04 Å². The number of hydrogen-bond acceptors (Lipinski definition) is 3. The van der Waals surface area contributed by atoms with E-state index in [0.717, 1.165) is 21.2 Å². The van der Waals surface area contributed by atoms with Gasteiger partial charge in [0.1, 0.15) is 11.8 Å². The number of rotatable bonds is 10. The van der Waals surface area contributed by atoms with Gasteiger partial charge in [-0.2, -0.15) is 0 Å². The SMILES string of the molecule is CCNC(=O)[C@@H](Cc1ccccc1)N(Cc1ccc(Cl)cc1)C(=O)COc1ccc(Br)c(C)c1. The van der Waals surface area contributed by atoms with Gasteiger partial charge in [0.05, 0.1) is 0 Å². The Morgan fingerprint density at radius 2 is 1.74 bits per heavy atom.